The number of hydrogen-bond acceptors (Lipinski definition) is 3. The third-order valence-corrected chi connectivity index (χ3v) is 7.56. The SMILES string of the molecule is CC1CCN(Cc2cccc(CNC(=O)c3ccc(CN4CCc5ccccc5C4)cc3)c2)CC1. The number of nitrogens with zero attached hydrogens (tertiary/aromatic N) is 2. The van der Waals surface area contributed by atoms with E-state index in [1.165, 1.54) is 48.2 Å². The van der Waals surface area contributed by atoms with Crippen LogP contribution < -0.4 is 5.32 Å². The van der Waals surface area contributed by atoms with Gasteiger partial charge in [-0.3, -0.25) is 14.6 Å². The van der Waals surface area contributed by atoms with Crippen molar-refractivity contribution in [2.24, 2.45) is 5.92 Å². The molecule has 2 aliphatic rings. The molecule has 1 saturated heterocycles. The average Bonchev–Trinajstić information content (AvgIpc) is 2.89. The summed E-state index contributed by atoms with van der Waals surface area (Å²) < 4.78 is 0. The molecule has 0 saturated carbocycles. The Kier molecular flexibility index (Phi) is 7.60. The molecule has 3 aromatic carbocycles. The Morgan fingerprint density at radius 2 is 1.51 bits per heavy atom. The number of piperidine rings is 1. The fourth-order valence-electron chi connectivity index (χ4n) is 5.31. The van der Waals surface area contributed by atoms with Crippen molar-refractivity contribution >= 4 is 5.91 Å². The van der Waals surface area contributed by atoms with E-state index in [4.69, 9.17) is 0 Å². The molecule has 35 heavy (non-hydrogen) atoms. The minimum absolute atomic E-state index is 0.0149. The van der Waals surface area contributed by atoms with Crippen LogP contribution in [-0.4, -0.2) is 35.3 Å². The quantitative estimate of drug-likeness (QED) is 0.505. The highest BCUT2D eigenvalue weighted by Gasteiger charge is 2.17. The number of rotatable bonds is 7. The van der Waals surface area contributed by atoms with E-state index in [0.29, 0.717) is 6.54 Å². The van der Waals surface area contributed by atoms with Crippen LogP contribution in [0.15, 0.2) is 72.8 Å². The average molecular weight is 468 g/mol. The summed E-state index contributed by atoms with van der Waals surface area (Å²) in [6.07, 6.45) is 3.69. The van der Waals surface area contributed by atoms with Gasteiger partial charge in [-0.1, -0.05) is 67.6 Å². The minimum atomic E-state index is -0.0149. The third-order valence-electron chi connectivity index (χ3n) is 7.56. The zero-order valence-electron chi connectivity index (χ0n) is 20.9. The molecule has 3 aromatic rings. The number of nitrogens with one attached hydrogen (secondary N) is 1. The Hall–Kier alpha value is -2.95. The van der Waals surface area contributed by atoms with Gasteiger partial charge in [0.25, 0.3) is 5.91 Å². The second kappa shape index (κ2) is 11.2. The van der Waals surface area contributed by atoms with Crippen molar-refractivity contribution in [1.82, 2.24) is 15.1 Å². The Morgan fingerprint density at radius 1 is 0.800 bits per heavy atom. The first-order chi connectivity index (χ1) is 17.1. The lowest BCUT2D eigenvalue weighted by atomic mass is 9.98. The number of fused-ring (bicyclic) bond motifs is 1. The first kappa shape index (κ1) is 23.8. The van der Waals surface area contributed by atoms with Gasteiger partial charge in [0.15, 0.2) is 0 Å². The van der Waals surface area contributed by atoms with E-state index in [-0.39, 0.29) is 5.91 Å². The van der Waals surface area contributed by atoms with Gasteiger partial charge < -0.3 is 5.32 Å². The van der Waals surface area contributed by atoms with Gasteiger partial charge in [0, 0.05) is 38.3 Å². The van der Waals surface area contributed by atoms with Crippen molar-refractivity contribution in [3.63, 3.8) is 0 Å². The smallest absolute Gasteiger partial charge is 0.251 e. The molecule has 1 fully saturated rings. The summed E-state index contributed by atoms with van der Waals surface area (Å²) in [5.41, 5.74) is 7.36. The van der Waals surface area contributed by atoms with Gasteiger partial charge in [-0.15, -0.1) is 0 Å². The molecule has 0 radical (unpaired) electrons. The maximum absolute atomic E-state index is 12.8. The van der Waals surface area contributed by atoms with Crippen LogP contribution in [0.3, 0.4) is 0 Å². The van der Waals surface area contributed by atoms with E-state index in [0.717, 1.165) is 49.6 Å². The lowest BCUT2D eigenvalue weighted by Crippen LogP contribution is -2.32. The molecule has 0 spiro atoms. The Morgan fingerprint density at radius 3 is 2.31 bits per heavy atom. The van der Waals surface area contributed by atoms with Gasteiger partial charge in [0.2, 0.25) is 0 Å². The molecule has 0 aliphatic carbocycles. The van der Waals surface area contributed by atoms with Crippen molar-refractivity contribution in [3.8, 4) is 0 Å². The van der Waals surface area contributed by atoms with Gasteiger partial charge in [-0.05, 0) is 78.2 Å². The summed E-state index contributed by atoms with van der Waals surface area (Å²) >= 11 is 0. The summed E-state index contributed by atoms with van der Waals surface area (Å²) in [6, 6.07) is 25.5. The molecule has 0 aromatic heterocycles. The molecule has 1 amide bonds. The number of carbonyl (C=O) groups excluding carboxylic acids is 1. The lowest BCUT2D eigenvalue weighted by Gasteiger charge is -2.30. The number of likely N-dealkylation sites (tertiary alicyclic amines) is 1. The highest BCUT2D eigenvalue weighted by molar-refractivity contribution is 5.94. The number of benzene rings is 3. The van der Waals surface area contributed by atoms with E-state index in [2.05, 4.69) is 82.7 Å². The summed E-state index contributed by atoms with van der Waals surface area (Å²) in [4.78, 5) is 17.8. The third kappa shape index (κ3) is 6.39. The predicted molar refractivity (Wildman–Crippen MR) is 142 cm³/mol. The fraction of sp³-hybridized carbons (Fsp3) is 0.387. The number of carbonyl (C=O) groups is 1. The van der Waals surface area contributed by atoms with E-state index in [1.54, 1.807) is 0 Å². The zero-order valence-corrected chi connectivity index (χ0v) is 20.9. The van der Waals surface area contributed by atoms with Crippen molar-refractivity contribution in [2.75, 3.05) is 19.6 Å². The van der Waals surface area contributed by atoms with Crippen LogP contribution in [0.5, 0.6) is 0 Å². The largest absolute Gasteiger partial charge is 0.348 e. The molecular formula is C31H37N3O. The fourth-order valence-corrected chi connectivity index (χ4v) is 5.31. The van der Waals surface area contributed by atoms with Gasteiger partial charge in [-0.2, -0.15) is 0 Å². The first-order valence-corrected chi connectivity index (χ1v) is 13.1. The molecule has 0 bridgehead atoms. The molecule has 0 unspecified atom stereocenters. The standard InChI is InChI=1S/C31H37N3O/c1-24-13-16-33(17-14-24)22-27-6-4-5-26(19-27)20-32-31(35)29-11-9-25(10-12-29)21-34-18-15-28-7-2-3-8-30(28)23-34/h2-12,19,24H,13-18,20-23H2,1H3,(H,32,35). The van der Waals surface area contributed by atoms with E-state index >= 15 is 0 Å². The van der Waals surface area contributed by atoms with Gasteiger partial charge in [0.05, 0.1) is 0 Å². The van der Waals surface area contributed by atoms with Crippen LogP contribution in [0.2, 0.25) is 0 Å². The highest BCUT2D eigenvalue weighted by Crippen LogP contribution is 2.21. The second-order valence-corrected chi connectivity index (χ2v) is 10.4. The number of hydrogen-bond donors (Lipinski definition) is 1. The molecule has 2 aliphatic heterocycles. The van der Waals surface area contributed by atoms with Gasteiger partial charge >= 0.3 is 0 Å². The molecule has 5 rings (SSSR count). The highest BCUT2D eigenvalue weighted by atomic mass is 16.1. The molecule has 4 heteroatoms. The monoisotopic (exact) mass is 467 g/mol. The zero-order chi connectivity index (χ0) is 24.0. The van der Waals surface area contributed by atoms with Crippen LogP contribution >= 0.6 is 0 Å². The van der Waals surface area contributed by atoms with Crippen LogP contribution in [0.4, 0.5) is 0 Å². The normalized spacial score (nSPS) is 17.2. The molecule has 1 N–H and O–H groups in total. The number of amides is 1. The summed E-state index contributed by atoms with van der Waals surface area (Å²) in [5, 5.41) is 3.10. The summed E-state index contributed by atoms with van der Waals surface area (Å²) in [7, 11) is 0. The van der Waals surface area contributed by atoms with Crippen molar-refractivity contribution in [2.45, 2.75) is 52.4 Å². The van der Waals surface area contributed by atoms with Crippen molar-refractivity contribution in [3.05, 3.63) is 106 Å². The van der Waals surface area contributed by atoms with E-state index < -0.39 is 0 Å². The van der Waals surface area contributed by atoms with Gasteiger partial charge in [-0.25, -0.2) is 0 Å². The van der Waals surface area contributed by atoms with Crippen molar-refractivity contribution < 1.29 is 4.79 Å². The predicted octanol–water partition coefficient (Wildman–Crippen LogP) is 5.41. The van der Waals surface area contributed by atoms with Crippen LogP contribution in [-0.2, 0) is 32.6 Å². The molecule has 0 atom stereocenters. The van der Waals surface area contributed by atoms with Crippen LogP contribution in [0, 0.1) is 5.92 Å². The van der Waals surface area contributed by atoms with Crippen LogP contribution in [0.25, 0.3) is 0 Å². The summed E-state index contributed by atoms with van der Waals surface area (Å²) in [6.45, 7) is 9.26. The van der Waals surface area contributed by atoms with Crippen molar-refractivity contribution in [1.29, 1.82) is 0 Å². The van der Waals surface area contributed by atoms with Crippen LogP contribution in [0.1, 0.15) is 57.9 Å². The molecule has 4 nitrogen and oxygen atoms in total. The lowest BCUT2D eigenvalue weighted by molar-refractivity contribution is 0.0951. The van der Waals surface area contributed by atoms with E-state index in [1.807, 2.05) is 12.1 Å². The second-order valence-electron chi connectivity index (χ2n) is 10.4. The Bertz CT molecular complexity index is 1130. The molecule has 2 heterocycles. The molecular weight excluding hydrogens is 430 g/mol. The maximum atomic E-state index is 12.8. The topological polar surface area (TPSA) is 35.6 Å². The van der Waals surface area contributed by atoms with E-state index in [9.17, 15) is 4.79 Å². The Labute approximate surface area is 210 Å². The van der Waals surface area contributed by atoms with Gasteiger partial charge in [0.1, 0.15) is 0 Å². The Balaban J connectivity index is 1.11. The maximum Gasteiger partial charge on any atom is 0.251 e. The summed E-state index contributed by atoms with van der Waals surface area (Å²) in [5.74, 6) is 0.836. The minimum Gasteiger partial charge on any atom is -0.348 e. The molecule has 182 valence electrons. The first-order valence-electron chi connectivity index (χ1n) is 13.1.